The average molecular weight is 542 g/mol. The molecular weight excluding hydrogens is 494 g/mol. The molecule has 1 heterocycles. The number of ether oxygens (including phenoxy) is 1. The lowest BCUT2D eigenvalue weighted by Gasteiger charge is -2.60. The number of pyridine rings is 1. The summed E-state index contributed by atoms with van der Waals surface area (Å²) in [4.78, 5) is 30.5. The first kappa shape index (κ1) is 28.1. The molecule has 4 fully saturated rings. The Morgan fingerprint density at radius 3 is 2.50 bits per heavy atom. The van der Waals surface area contributed by atoms with Crippen molar-refractivity contribution in [1.82, 2.24) is 4.98 Å². The minimum absolute atomic E-state index is 0.00940. The monoisotopic (exact) mass is 541 g/mol. The van der Waals surface area contributed by atoms with Crippen molar-refractivity contribution in [2.45, 2.75) is 111 Å². The number of carbonyl (C=O) groups excluding carboxylic acids is 2. The zero-order chi connectivity index (χ0) is 27.2. The van der Waals surface area contributed by atoms with Gasteiger partial charge < -0.3 is 4.74 Å². The number of esters is 1. The van der Waals surface area contributed by atoms with E-state index in [2.05, 4.69) is 39.6 Å². The lowest BCUT2D eigenvalue weighted by molar-refractivity contribution is -0.160. The number of carbonyl (C=O) groups is 2. The van der Waals surface area contributed by atoms with Gasteiger partial charge in [-0.05, 0) is 103 Å². The molecule has 9 atom stereocenters. The van der Waals surface area contributed by atoms with Gasteiger partial charge in [0.25, 0.3) is 0 Å². The summed E-state index contributed by atoms with van der Waals surface area (Å²) in [6.45, 7) is 12.2. The smallest absolute Gasteiger partial charge is 0.339 e. The summed E-state index contributed by atoms with van der Waals surface area (Å²) in [7, 11) is 0. The molecule has 4 saturated carbocycles. The van der Waals surface area contributed by atoms with Crippen molar-refractivity contribution in [3.05, 3.63) is 29.0 Å². The third-order valence-corrected chi connectivity index (χ3v) is 12.1. The molecule has 5 heteroatoms. The molecular formula is C33H48ClNO3. The average Bonchev–Trinajstić information content (AvgIpc) is 3.22. The normalized spacial score (nSPS) is 39.3. The summed E-state index contributed by atoms with van der Waals surface area (Å²) in [5.74, 6) is 4.30. The van der Waals surface area contributed by atoms with Gasteiger partial charge in [-0.1, -0.05) is 65.5 Å². The van der Waals surface area contributed by atoms with E-state index in [1.807, 2.05) is 0 Å². The maximum Gasteiger partial charge on any atom is 0.339 e. The van der Waals surface area contributed by atoms with E-state index in [4.69, 9.17) is 16.3 Å². The summed E-state index contributed by atoms with van der Waals surface area (Å²) in [6.07, 6.45) is 13.7. The number of rotatable bonds is 7. The second kappa shape index (κ2) is 10.9. The van der Waals surface area contributed by atoms with Crippen LogP contribution in [0.3, 0.4) is 0 Å². The lowest BCUT2D eigenvalue weighted by atomic mass is 9.44. The highest BCUT2D eigenvalue weighted by atomic mass is 35.5. The van der Waals surface area contributed by atoms with Crippen LogP contribution in [0.15, 0.2) is 18.3 Å². The lowest BCUT2D eigenvalue weighted by Crippen LogP contribution is -2.57. The summed E-state index contributed by atoms with van der Waals surface area (Å²) in [5.41, 5.74) is 0.840. The third kappa shape index (κ3) is 5.08. The molecule has 0 saturated heterocycles. The van der Waals surface area contributed by atoms with Gasteiger partial charge in [0.05, 0.1) is 5.56 Å². The van der Waals surface area contributed by atoms with Gasteiger partial charge >= 0.3 is 5.97 Å². The van der Waals surface area contributed by atoms with Crippen LogP contribution in [0.2, 0.25) is 5.15 Å². The van der Waals surface area contributed by atoms with Crippen LogP contribution in [0.1, 0.15) is 116 Å². The second-order valence-electron chi connectivity index (χ2n) is 14.3. The second-order valence-corrected chi connectivity index (χ2v) is 14.7. The Morgan fingerprint density at radius 1 is 1.05 bits per heavy atom. The van der Waals surface area contributed by atoms with Gasteiger partial charge in [0, 0.05) is 18.5 Å². The maximum absolute atomic E-state index is 13.8. The Balaban J connectivity index is 1.25. The highest BCUT2D eigenvalue weighted by Crippen LogP contribution is 2.68. The van der Waals surface area contributed by atoms with Crippen molar-refractivity contribution in [3.8, 4) is 0 Å². The molecule has 1 aromatic rings. The molecule has 4 aliphatic rings. The number of Topliss-reactive ketones (excluding diaryl/α,β-unsaturated/α-hetero) is 1. The fraction of sp³-hybridized carbons (Fsp3) is 0.788. The van der Waals surface area contributed by atoms with Gasteiger partial charge in [-0.15, -0.1) is 0 Å². The predicted octanol–water partition coefficient (Wildman–Crippen LogP) is 8.56. The highest BCUT2D eigenvalue weighted by Gasteiger charge is 2.62. The first-order valence-electron chi connectivity index (χ1n) is 15.4. The molecule has 0 N–H and O–H groups in total. The standard InChI is InChI=1S/C33H48ClNO3/c1-20(2)7-6-8-21(3)25-10-11-26-24-18-29(36)28-17-23(38-31(37)22-9-12-30(34)35-19-22)13-15-33(28,5)27(24)14-16-32(25,26)4/h9,12,19-21,23-28H,6-8,10-11,13-18H2,1-5H3/t21-,23+,24+,25-,26+,27+,28-,32-,33-/m1/s1. The van der Waals surface area contributed by atoms with Crippen LogP contribution in [0, 0.1) is 52.3 Å². The number of hydrogen-bond donors (Lipinski definition) is 0. The van der Waals surface area contributed by atoms with Gasteiger partial charge in [-0.3, -0.25) is 4.79 Å². The Kier molecular flexibility index (Phi) is 8.04. The topological polar surface area (TPSA) is 56.3 Å². The molecule has 38 heavy (non-hydrogen) atoms. The van der Waals surface area contributed by atoms with Crippen LogP contribution in [-0.2, 0) is 9.53 Å². The van der Waals surface area contributed by atoms with E-state index in [1.54, 1.807) is 12.1 Å². The van der Waals surface area contributed by atoms with E-state index in [-0.39, 0.29) is 23.4 Å². The van der Waals surface area contributed by atoms with Crippen molar-refractivity contribution in [2.75, 3.05) is 0 Å². The van der Waals surface area contributed by atoms with Gasteiger partial charge in [-0.25, -0.2) is 9.78 Å². The third-order valence-electron chi connectivity index (χ3n) is 11.8. The molecule has 0 aromatic carbocycles. The molecule has 210 valence electrons. The summed E-state index contributed by atoms with van der Waals surface area (Å²) >= 11 is 5.87. The Morgan fingerprint density at radius 2 is 1.79 bits per heavy atom. The van der Waals surface area contributed by atoms with Crippen LogP contribution in [0.4, 0.5) is 0 Å². The molecule has 0 bridgehead atoms. The molecule has 0 spiro atoms. The van der Waals surface area contributed by atoms with Gasteiger partial charge in [-0.2, -0.15) is 0 Å². The minimum atomic E-state index is -0.364. The van der Waals surface area contributed by atoms with Gasteiger partial charge in [0.2, 0.25) is 0 Å². The van der Waals surface area contributed by atoms with E-state index in [9.17, 15) is 9.59 Å². The van der Waals surface area contributed by atoms with Crippen molar-refractivity contribution >= 4 is 23.4 Å². The minimum Gasteiger partial charge on any atom is -0.459 e. The number of fused-ring (bicyclic) bond motifs is 5. The number of halogens is 1. The largest absolute Gasteiger partial charge is 0.459 e. The first-order valence-corrected chi connectivity index (χ1v) is 15.8. The Hall–Kier alpha value is -1.42. The van der Waals surface area contributed by atoms with E-state index >= 15 is 0 Å². The van der Waals surface area contributed by atoms with Crippen molar-refractivity contribution in [3.63, 3.8) is 0 Å². The summed E-state index contributed by atoms with van der Waals surface area (Å²) in [5, 5.41) is 0.357. The molecule has 1 aromatic heterocycles. The molecule has 0 amide bonds. The molecule has 4 nitrogen and oxygen atoms in total. The highest BCUT2D eigenvalue weighted by molar-refractivity contribution is 6.29. The van der Waals surface area contributed by atoms with Crippen LogP contribution >= 0.6 is 11.6 Å². The van der Waals surface area contributed by atoms with Crippen molar-refractivity contribution < 1.29 is 14.3 Å². The zero-order valence-electron chi connectivity index (χ0n) is 24.2. The van der Waals surface area contributed by atoms with Crippen LogP contribution < -0.4 is 0 Å². The Labute approximate surface area is 235 Å². The first-order chi connectivity index (χ1) is 18.0. The van der Waals surface area contributed by atoms with Crippen LogP contribution in [0.25, 0.3) is 0 Å². The summed E-state index contributed by atoms with van der Waals surface area (Å²) in [6, 6.07) is 3.26. The van der Waals surface area contributed by atoms with E-state index in [1.165, 1.54) is 51.1 Å². The summed E-state index contributed by atoms with van der Waals surface area (Å²) < 4.78 is 5.89. The van der Waals surface area contributed by atoms with E-state index in [0.29, 0.717) is 46.1 Å². The van der Waals surface area contributed by atoms with E-state index < -0.39 is 0 Å². The van der Waals surface area contributed by atoms with Gasteiger partial charge in [0.15, 0.2) is 0 Å². The maximum atomic E-state index is 13.8. The Bertz CT molecular complexity index is 1020. The van der Waals surface area contributed by atoms with Crippen molar-refractivity contribution in [2.24, 2.45) is 52.3 Å². The van der Waals surface area contributed by atoms with E-state index in [0.717, 1.165) is 37.0 Å². The molecule has 0 unspecified atom stereocenters. The molecule has 0 aliphatic heterocycles. The van der Waals surface area contributed by atoms with Crippen LogP contribution in [0.5, 0.6) is 0 Å². The number of aromatic nitrogens is 1. The molecule has 5 rings (SSSR count). The molecule has 0 radical (unpaired) electrons. The SMILES string of the molecule is CC(C)CCC[C@@H](C)[C@H]1CC[C@H]2[C@@H]3CC(=O)[C@H]4C[C@@H](OC(=O)c5ccc(Cl)nc5)CC[C@]4(C)[C@H]3CC[C@]12C. The fourth-order valence-corrected chi connectivity index (χ4v) is 9.96. The predicted molar refractivity (Wildman–Crippen MR) is 152 cm³/mol. The van der Waals surface area contributed by atoms with Gasteiger partial charge in [0.1, 0.15) is 17.0 Å². The van der Waals surface area contributed by atoms with Crippen molar-refractivity contribution in [1.29, 1.82) is 0 Å². The number of nitrogens with zero attached hydrogens (tertiary/aromatic N) is 1. The quantitative estimate of drug-likeness (QED) is 0.256. The van der Waals surface area contributed by atoms with Crippen LogP contribution in [-0.4, -0.2) is 22.8 Å². The fourth-order valence-electron chi connectivity index (χ4n) is 9.85. The molecule has 4 aliphatic carbocycles. The zero-order valence-corrected chi connectivity index (χ0v) is 24.9. The number of ketones is 1. The number of hydrogen-bond acceptors (Lipinski definition) is 4.